The number of halogens is 5. The molecule has 0 unspecified atom stereocenters. The van der Waals surface area contributed by atoms with Gasteiger partial charge in [0.1, 0.15) is 18.4 Å². The normalized spacial score (nSPS) is 9.61. The summed E-state index contributed by atoms with van der Waals surface area (Å²) >= 11 is 9.54. The Balaban J connectivity index is -0.000000160. The minimum Gasteiger partial charge on any atom is -0.512 e. The topological polar surface area (TPSA) is 402 Å². The van der Waals surface area contributed by atoms with Crippen LogP contribution < -0.4 is 91.9 Å². The molecule has 0 bridgehead atoms. The number of benzene rings is 2. The first-order valence-corrected chi connectivity index (χ1v) is 36.4. The van der Waals surface area contributed by atoms with Gasteiger partial charge in [-0.05, 0) is 67.6 Å². The third kappa shape index (κ3) is 45.0. The van der Waals surface area contributed by atoms with Gasteiger partial charge in [0, 0.05) is 84.7 Å². The van der Waals surface area contributed by atoms with Crippen molar-refractivity contribution >= 4 is 154 Å². The predicted molar refractivity (Wildman–Crippen MR) is 274 cm³/mol. The molecular weight excluding hydrogens is 1460 g/mol. The minimum atomic E-state index is -1.01. The van der Waals surface area contributed by atoms with E-state index in [0.717, 1.165) is 5.56 Å². The Bertz CT molecular complexity index is 1840. The summed E-state index contributed by atoms with van der Waals surface area (Å²) in [7, 11) is 2.74. The number of carbonyl (C=O) groups is 11. The Labute approximate surface area is 465 Å². The fourth-order valence-corrected chi connectivity index (χ4v) is 4.18. The fraction of sp³-hybridized carbons (Fsp3) is 0.351. The molecule has 0 aliphatic carbocycles. The second-order valence-corrected chi connectivity index (χ2v) is 27.8. The van der Waals surface area contributed by atoms with Crippen molar-refractivity contribution in [1.29, 1.82) is 5.26 Å². The van der Waals surface area contributed by atoms with E-state index in [-0.39, 0.29) is 88.6 Å². The molecule has 2 rings (SSSR count). The summed E-state index contributed by atoms with van der Waals surface area (Å²) in [5.41, 5.74) is 17.2. The molecule has 0 saturated carbocycles. The van der Waals surface area contributed by atoms with E-state index >= 15 is 0 Å². The van der Waals surface area contributed by atoms with E-state index < -0.39 is 77.9 Å². The molecule has 0 fully saturated rings. The number of aryl methyl sites for hydroxylation is 1. The minimum absolute atomic E-state index is 0. The second-order valence-electron chi connectivity index (χ2n) is 11.6. The number of amides is 10. The number of carboxylic acid groups (broad SMARTS) is 2. The molecule has 30 heteroatoms. The van der Waals surface area contributed by atoms with Crippen LogP contribution in [0.1, 0.15) is 78.7 Å². The fourth-order valence-electron chi connectivity index (χ4n) is 4.18. The van der Waals surface area contributed by atoms with Crippen molar-refractivity contribution in [2.75, 3.05) is 19.8 Å². The number of aldehydes is 1. The third-order valence-corrected chi connectivity index (χ3v) is 7.10. The van der Waals surface area contributed by atoms with Gasteiger partial charge in [-0.2, -0.15) is 0 Å². The van der Waals surface area contributed by atoms with E-state index in [1.165, 1.54) is 38.4 Å². The molecule has 0 aromatic heterocycles. The zero-order valence-electron chi connectivity index (χ0n) is 35.5. The maximum atomic E-state index is 11.9. The number of hydrogen-bond acceptors (Lipinski definition) is 13. The van der Waals surface area contributed by atoms with Crippen LogP contribution in [0, 0.1) is 11.8 Å². The number of likely N-dealkylation sites (N-methyl/N-ethyl adjacent to an activating group) is 2. The quantitative estimate of drug-likeness (QED) is 0.0173. The van der Waals surface area contributed by atoms with Gasteiger partial charge in [-0.1, -0.05) is 19.6 Å². The molecule has 67 heavy (non-hydrogen) atoms. The van der Waals surface area contributed by atoms with Crippen LogP contribution in [-0.4, -0.2) is 111 Å². The number of imide groups is 2. The SMILES string of the molecule is C.CNC(=O)[C@H](CCC(N)=O)NC(=O)NC(=O)CC=O.CNC(=O)[C@H](CCC(N)=O)NC(=O)NC(=O)CCCc1ccc(C(=O)O)cc1.II.I[I-]I.Nc1ccc(C(=O)O)cc1.[B].[C-]#N.[Na+]. The van der Waals surface area contributed by atoms with Gasteiger partial charge in [-0.25, -0.2) is 19.2 Å². The molecule has 0 aliphatic heterocycles. The molecule has 0 aliphatic rings. The molecule has 0 saturated heterocycles. The van der Waals surface area contributed by atoms with Crippen LogP contribution >= 0.6 is 74.5 Å². The van der Waals surface area contributed by atoms with E-state index in [1.54, 1.807) is 24.3 Å². The van der Waals surface area contributed by atoms with Crippen molar-refractivity contribution in [3.63, 3.8) is 0 Å². The molecule has 14 N–H and O–H groups in total. The van der Waals surface area contributed by atoms with Gasteiger partial charge >= 0.3 is 104 Å². The van der Waals surface area contributed by atoms with Gasteiger partial charge < -0.3 is 65.3 Å². The van der Waals surface area contributed by atoms with Gasteiger partial charge in [-0.3, -0.25) is 39.4 Å². The van der Waals surface area contributed by atoms with Gasteiger partial charge in [0.15, 0.2) is 0 Å². The number of nitrogens with zero attached hydrogens (tertiary/aromatic N) is 1. The summed E-state index contributed by atoms with van der Waals surface area (Å²) in [6.07, 6.45) is 0.771. The zero-order chi connectivity index (χ0) is 50.2. The number of primary amides is 2. The van der Waals surface area contributed by atoms with Crippen LogP contribution in [0.15, 0.2) is 48.5 Å². The number of carboxylic acids is 2. The number of nitrogens with one attached hydrogen (secondary N) is 6. The Hall–Kier alpha value is -3.19. The number of carbonyl (C=O) groups excluding carboxylic acids is 9. The maximum Gasteiger partial charge on any atom is 1.00 e. The second kappa shape index (κ2) is 50.7. The first-order chi connectivity index (χ1) is 30.2. The first kappa shape index (κ1) is 78.0. The molecule has 3 radical (unpaired) electrons. The van der Waals surface area contributed by atoms with Crippen LogP contribution in [0.5, 0.6) is 0 Å². The molecule has 10 amide bonds. The van der Waals surface area contributed by atoms with Crippen LogP contribution in [0.25, 0.3) is 0 Å². The number of anilines is 1. The van der Waals surface area contributed by atoms with Gasteiger partial charge in [-0.15, -0.1) is 0 Å². The van der Waals surface area contributed by atoms with Gasteiger partial charge in [0.05, 0.1) is 17.5 Å². The van der Waals surface area contributed by atoms with E-state index in [9.17, 15) is 52.7 Å². The van der Waals surface area contributed by atoms with Crippen molar-refractivity contribution < 1.29 is 106 Å². The monoisotopic (exact) mass is 1510 g/mol. The average Bonchev–Trinajstić information content (AvgIpc) is 3.25. The Morgan fingerprint density at radius 3 is 1.36 bits per heavy atom. The van der Waals surface area contributed by atoms with Crippen molar-refractivity contribution in [3.8, 4) is 0 Å². The summed E-state index contributed by atoms with van der Waals surface area (Å²) in [4.78, 5) is 122. The summed E-state index contributed by atoms with van der Waals surface area (Å²) in [6.45, 7) is 4.75. The van der Waals surface area contributed by atoms with Crippen molar-refractivity contribution in [1.82, 2.24) is 31.9 Å². The molecule has 2 atom stereocenters. The number of hydrogen-bond donors (Lipinski definition) is 11. The number of nitrogen functional groups attached to an aromatic ring is 1. The predicted octanol–water partition coefficient (Wildman–Crippen LogP) is -3.44. The van der Waals surface area contributed by atoms with E-state index in [0.29, 0.717) is 38.1 Å². The van der Waals surface area contributed by atoms with Gasteiger partial charge in [0.2, 0.25) is 35.4 Å². The Kier molecular flexibility index (Phi) is 59.0. The molecule has 2 aromatic rings. The van der Waals surface area contributed by atoms with E-state index in [1.807, 2.05) is 5.32 Å². The third-order valence-electron chi connectivity index (χ3n) is 7.10. The average molecular weight is 1510 g/mol. The number of aromatic carboxylic acids is 2. The summed E-state index contributed by atoms with van der Waals surface area (Å²) in [6, 6.07) is 8.61. The standard InChI is InChI=1S/C18H24N4O6.C10H16N4O5.C7H7NO2.CN.CH4.B.I3.I2.Na/c1-20-16(25)13(9-10-14(19)23)21-18(28)22-15(24)4-2-3-11-5-7-12(8-6-11)17(26)27;1-12-9(18)6(2-3-7(11)16)13-10(19)14-8(17)4-5-15;8-6-3-1-5(2-4-6)7(9)10;1-2;;;1-3-2;1-2;/h5-8,13H,2-4,9-10H2,1H3,(H2,19,23)(H,20,25)(H,26,27)(H2,21,22,24,28);5-6H,2-4H2,1H3,(H2,11,16)(H,12,18)(H2,13,14,17,19);1-4H,8H2,(H,9,10);;1H4;;;;/q;;;-1;;;-1;;+1/t13-;6-;;;;;;;/m00......./s1. The molecule has 0 spiro atoms. The van der Waals surface area contributed by atoms with Crippen molar-refractivity contribution in [2.24, 2.45) is 11.5 Å². The van der Waals surface area contributed by atoms with Crippen LogP contribution in [0.4, 0.5) is 15.3 Å². The van der Waals surface area contributed by atoms with Gasteiger partial charge in [0.25, 0.3) is 0 Å². The summed E-state index contributed by atoms with van der Waals surface area (Å²) in [5, 5.41) is 36.7. The molecule has 2 aromatic carbocycles. The first-order valence-electron chi connectivity index (χ1n) is 17.5. The van der Waals surface area contributed by atoms with Crippen LogP contribution in [0.2, 0.25) is 0 Å². The number of rotatable bonds is 18. The summed E-state index contributed by atoms with van der Waals surface area (Å²) < 4.78 is 0. The van der Waals surface area contributed by atoms with E-state index in [2.05, 4.69) is 101 Å². The molecule has 0 heterocycles. The molecule has 23 nitrogen and oxygen atoms in total. The smallest absolute Gasteiger partial charge is 0.512 e. The Morgan fingerprint density at radius 1 is 0.701 bits per heavy atom. The van der Waals surface area contributed by atoms with Crippen LogP contribution in [-0.2, 0) is 40.0 Å². The van der Waals surface area contributed by atoms with Crippen molar-refractivity contribution in [2.45, 2.75) is 70.9 Å². The zero-order valence-corrected chi connectivity index (χ0v) is 48.3. The van der Waals surface area contributed by atoms with Crippen molar-refractivity contribution in [3.05, 3.63) is 71.8 Å². The maximum absolute atomic E-state index is 11.9. The molecular formula is C37H51BI5N10NaO13-. The Morgan fingerprint density at radius 2 is 1.04 bits per heavy atom. The molecule has 367 valence electrons. The van der Waals surface area contributed by atoms with E-state index in [4.69, 9.17) is 39.2 Å². The summed E-state index contributed by atoms with van der Waals surface area (Å²) in [5.74, 6) is -5.52. The largest absolute Gasteiger partial charge is 1.00 e. The van der Waals surface area contributed by atoms with Crippen LogP contribution in [0.3, 0.4) is 0 Å². The number of nitrogens with two attached hydrogens (primary N) is 3. The number of urea groups is 2.